The zero-order chi connectivity index (χ0) is 19.4. The molecule has 0 aliphatic heterocycles. The summed E-state index contributed by atoms with van der Waals surface area (Å²) in [5.74, 6) is 1.35. The maximum absolute atomic E-state index is 12.5. The Morgan fingerprint density at radius 1 is 1.04 bits per heavy atom. The number of amides is 2. The Morgan fingerprint density at radius 3 is 2.33 bits per heavy atom. The largest absolute Gasteiger partial charge is 0.497 e. The van der Waals surface area contributed by atoms with E-state index in [1.807, 2.05) is 19.1 Å². The summed E-state index contributed by atoms with van der Waals surface area (Å²) >= 11 is 0. The zero-order valence-electron chi connectivity index (χ0n) is 15.7. The van der Waals surface area contributed by atoms with Crippen LogP contribution in [0.2, 0.25) is 0 Å². The molecule has 1 aliphatic rings. The predicted molar refractivity (Wildman–Crippen MR) is 103 cm³/mol. The van der Waals surface area contributed by atoms with Crippen LogP contribution < -0.4 is 20.1 Å². The molecule has 0 saturated heterocycles. The topological polar surface area (TPSA) is 76.7 Å². The van der Waals surface area contributed by atoms with Crippen LogP contribution in [-0.4, -0.2) is 26.0 Å². The van der Waals surface area contributed by atoms with Crippen LogP contribution in [0.15, 0.2) is 42.5 Å². The number of ether oxygens (including phenoxy) is 2. The maximum atomic E-state index is 12.5. The van der Waals surface area contributed by atoms with Gasteiger partial charge >= 0.3 is 0 Å². The van der Waals surface area contributed by atoms with Crippen molar-refractivity contribution < 1.29 is 19.1 Å². The summed E-state index contributed by atoms with van der Waals surface area (Å²) in [6.45, 7) is 1.90. The van der Waals surface area contributed by atoms with Crippen molar-refractivity contribution >= 4 is 17.5 Å². The smallest absolute Gasteiger partial charge is 0.251 e. The molecule has 1 atom stereocenters. The van der Waals surface area contributed by atoms with Crippen LogP contribution in [0.1, 0.15) is 41.7 Å². The number of hydrogen-bond donors (Lipinski definition) is 2. The fraction of sp³-hybridized carbons (Fsp3) is 0.333. The molecule has 0 heterocycles. The van der Waals surface area contributed by atoms with Crippen molar-refractivity contribution in [2.24, 2.45) is 5.92 Å². The monoisotopic (exact) mass is 368 g/mol. The average molecular weight is 368 g/mol. The highest BCUT2D eigenvalue weighted by molar-refractivity contribution is 5.97. The fourth-order valence-electron chi connectivity index (χ4n) is 2.83. The first-order valence-electron chi connectivity index (χ1n) is 8.95. The maximum Gasteiger partial charge on any atom is 0.251 e. The number of anilines is 1. The minimum Gasteiger partial charge on any atom is -0.497 e. The molecule has 27 heavy (non-hydrogen) atoms. The van der Waals surface area contributed by atoms with Gasteiger partial charge in [0.2, 0.25) is 5.91 Å². The van der Waals surface area contributed by atoms with Gasteiger partial charge in [-0.1, -0.05) is 0 Å². The molecular formula is C21H24N2O4. The van der Waals surface area contributed by atoms with E-state index < -0.39 is 0 Å². The molecule has 3 rings (SSSR count). The fourth-order valence-corrected chi connectivity index (χ4v) is 2.83. The molecule has 1 unspecified atom stereocenters. The number of rotatable bonds is 7. The number of benzene rings is 2. The molecular weight excluding hydrogens is 344 g/mol. The summed E-state index contributed by atoms with van der Waals surface area (Å²) in [6, 6.07) is 12.1. The van der Waals surface area contributed by atoms with Gasteiger partial charge in [-0.05, 0) is 56.2 Å². The normalized spacial score (nSPS) is 14.2. The van der Waals surface area contributed by atoms with E-state index in [1.165, 1.54) is 0 Å². The molecule has 0 aromatic heterocycles. The summed E-state index contributed by atoms with van der Waals surface area (Å²) in [5, 5.41) is 5.83. The summed E-state index contributed by atoms with van der Waals surface area (Å²) in [4.78, 5) is 24.3. The number of methoxy groups -OCH3 is 2. The third-order valence-electron chi connectivity index (χ3n) is 4.62. The Balaban J connectivity index is 1.64. The molecule has 0 bridgehead atoms. The summed E-state index contributed by atoms with van der Waals surface area (Å²) < 4.78 is 10.6. The Bertz CT molecular complexity index is 829. The van der Waals surface area contributed by atoms with Crippen LogP contribution in [0, 0.1) is 5.92 Å². The first kappa shape index (κ1) is 18.8. The van der Waals surface area contributed by atoms with Crippen molar-refractivity contribution in [1.82, 2.24) is 5.32 Å². The van der Waals surface area contributed by atoms with Gasteiger partial charge < -0.3 is 20.1 Å². The SMILES string of the molecule is COc1ccc(C(C)NC(=O)c2ccc(NC(=O)C3CC3)cc2)c(OC)c1. The molecule has 1 fully saturated rings. The number of carbonyl (C=O) groups is 2. The van der Waals surface area contributed by atoms with E-state index >= 15 is 0 Å². The van der Waals surface area contributed by atoms with Gasteiger partial charge in [-0.2, -0.15) is 0 Å². The highest BCUT2D eigenvalue weighted by atomic mass is 16.5. The van der Waals surface area contributed by atoms with E-state index in [0.29, 0.717) is 22.7 Å². The summed E-state index contributed by atoms with van der Waals surface area (Å²) in [5.41, 5.74) is 2.09. The Morgan fingerprint density at radius 2 is 1.74 bits per heavy atom. The van der Waals surface area contributed by atoms with Crippen molar-refractivity contribution in [2.45, 2.75) is 25.8 Å². The first-order valence-corrected chi connectivity index (χ1v) is 8.95. The van der Waals surface area contributed by atoms with Crippen molar-refractivity contribution in [2.75, 3.05) is 19.5 Å². The zero-order valence-corrected chi connectivity index (χ0v) is 15.7. The molecule has 1 aliphatic carbocycles. The lowest BCUT2D eigenvalue weighted by atomic mass is 10.1. The molecule has 2 aromatic carbocycles. The van der Waals surface area contributed by atoms with Gasteiger partial charge in [0.25, 0.3) is 5.91 Å². The lowest BCUT2D eigenvalue weighted by molar-refractivity contribution is -0.117. The van der Waals surface area contributed by atoms with E-state index in [9.17, 15) is 9.59 Å². The Labute approximate surface area is 158 Å². The van der Waals surface area contributed by atoms with Crippen molar-refractivity contribution in [3.8, 4) is 11.5 Å². The van der Waals surface area contributed by atoms with Gasteiger partial charge in [0, 0.05) is 28.8 Å². The molecule has 0 spiro atoms. The van der Waals surface area contributed by atoms with Crippen molar-refractivity contribution in [3.63, 3.8) is 0 Å². The Kier molecular flexibility index (Phi) is 5.64. The van der Waals surface area contributed by atoms with Crippen LogP contribution in [0.25, 0.3) is 0 Å². The molecule has 2 amide bonds. The predicted octanol–water partition coefficient (Wildman–Crippen LogP) is 3.54. The lowest BCUT2D eigenvalue weighted by Crippen LogP contribution is -2.27. The molecule has 142 valence electrons. The lowest BCUT2D eigenvalue weighted by Gasteiger charge is -2.18. The van der Waals surface area contributed by atoms with E-state index in [-0.39, 0.29) is 23.8 Å². The molecule has 6 nitrogen and oxygen atoms in total. The van der Waals surface area contributed by atoms with Crippen LogP contribution in [-0.2, 0) is 4.79 Å². The minimum absolute atomic E-state index is 0.0485. The van der Waals surface area contributed by atoms with Crippen LogP contribution in [0.4, 0.5) is 5.69 Å². The third kappa shape index (κ3) is 4.58. The summed E-state index contributed by atoms with van der Waals surface area (Å²) in [6.07, 6.45) is 1.91. The number of carbonyl (C=O) groups excluding carboxylic acids is 2. The van der Waals surface area contributed by atoms with E-state index in [4.69, 9.17) is 9.47 Å². The van der Waals surface area contributed by atoms with E-state index in [1.54, 1.807) is 44.6 Å². The van der Waals surface area contributed by atoms with Crippen LogP contribution in [0.5, 0.6) is 11.5 Å². The third-order valence-corrected chi connectivity index (χ3v) is 4.62. The average Bonchev–Trinajstić information content (AvgIpc) is 3.53. The van der Waals surface area contributed by atoms with E-state index in [0.717, 1.165) is 18.4 Å². The molecule has 0 radical (unpaired) electrons. The van der Waals surface area contributed by atoms with Gasteiger partial charge in [0.05, 0.1) is 20.3 Å². The first-order chi connectivity index (χ1) is 13.0. The molecule has 6 heteroatoms. The standard InChI is InChI=1S/C21H24N2O4/c1-13(18-11-10-17(26-2)12-19(18)27-3)22-20(24)15-6-8-16(9-7-15)23-21(25)14-4-5-14/h6-14H,4-5H2,1-3H3,(H,22,24)(H,23,25). The van der Waals surface area contributed by atoms with Crippen molar-refractivity contribution in [3.05, 3.63) is 53.6 Å². The quantitative estimate of drug-likeness (QED) is 0.784. The van der Waals surface area contributed by atoms with Gasteiger partial charge in [-0.3, -0.25) is 9.59 Å². The van der Waals surface area contributed by atoms with Crippen molar-refractivity contribution in [1.29, 1.82) is 0 Å². The molecule has 1 saturated carbocycles. The minimum atomic E-state index is -0.243. The summed E-state index contributed by atoms with van der Waals surface area (Å²) in [7, 11) is 3.18. The van der Waals surface area contributed by atoms with E-state index in [2.05, 4.69) is 10.6 Å². The second-order valence-electron chi connectivity index (χ2n) is 6.64. The Hall–Kier alpha value is -3.02. The van der Waals surface area contributed by atoms with Gasteiger partial charge in [-0.15, -0.1) is 0 Å². The number of nitrogens with one attached hydrogen (secondary N) is 2. The second kappa shape index (κ2) is 8.12. The van der Waals surface area contributed by atoms with Gasteiger partial charge in [0.1, 0.15) is 11.5 Å². The van der Waals surface area contributed by atoms with Crippen LogP contribution in [0.3, 0.4) is 0 Å². The number of hydrogen-bond acceptors (Lipinski definition) is 4. The van der Waals surface area contributed by atoms with Crippen LogP contribution >= 0.6 is 0 Å². The molecule has 2 aromatic rings. The second-order valence-corrected chi connectivity index (χ2v) is 6.64. The highest BCUT2D eigenvalue weighted by Crippen LogP contribution is 2.31. The van der Waals surface area contributed by atoms with Gasteiger partial charge in [0.15, 0.2) is 0 Å². The molecule has 2 N–H and O–H groups in total. The van der Waals surface area contributed by atoms with Gasteiger partial charge in [-0.25, -0.2) is 0 Å². The highest BCUT2D eigenvalue weighted by Gasteiger charge is 2.29.